The molecule has 2 nitrogen and oxygen atoms in total. The van der Waals surface area contributed by atoms with Gasteiger partial charge in [-0.3, -0.25) is 0 Å². The molecule has 0 aliphatic carbocycles. The number of hydrogen-bond donors (Lipinski definition) is 0. The zero-order chi connectivity index (χ0) is 3.58. The predicted octanol–water partition coefficient (Wildman–Crippen LogP) is -0.250. The summed E-state index contributed by atoms with van der Waals surface area (Å²) in [7, 11) is 0. The highest BCUT2D eigenvalue weighted by molar-refractivity contribution is 7.66. The van der Waals surface area contributed by atoms with Gasteiger partial charge >= 0.3 is 11.1 Å². The Morgan fingerprint density at radius 1 is 1.50 bits per heavy atom. The summed E-state index contributed by atoms with van der Waals surface area (Å²) in [5.41, 5.74) is 0. The zero-order valence-corrected chi connectivity index (χ0v) is 2.42. The first-order chi connectivity index (χ1) is 1.73. The molecule has 0 aromatic rings. The summed E-state index contributed by atoms with van der Waals surface area (Å²) in [6.07, 6.45) is 0. The van der Waals surface area contributed by atoms with Crippen LogP contribution in [0.5, 0.6) is 0 Å². The summed E-state index contributed by atoms with van der Waals surface area (Å²) in [4.78, 5) is 0. The third kappa shape index (κ3) is 15.8. The van der Waals surface area contributed by atoms with E-state index in [2.05, 4.69) is 0 Å². The van der Waals surface area contributed by atoms with Crippen LogP contribution in [0, 0.1) is 0 Å². The van der Waals surface area contributed by atoms with Crippen molar-refractivity contribution in [3.63, 3.8) is 0 Å². The third-order valence-electron chi connectivity index (χ3n) is 0. The van der Waals surface area contributed by atoms with E-state index in [0.29, 0.717) is 0 Å². The third-order valence-corrected chi connectivity index (χ3v) is 0. The van der Waals surface area contributed by atoms with Crippen LogP contribution in [-0.4, -0.2) is 8.42 Å². The van der Waals surface area contributed by atoms with Gasteiger partial charge in [-0.2, -0.15) is 8.42 Å². The zero-order valence-electron chi connectivity index (χ0n) is 1.60. The summed E-state index contributed by atoms with van der Waals surface area (Å²) in [6, 6.07) is 0. The minimum atomic E-state index is -3.36. The summed E-state index contributed by atoms with van der Waals surface area (Å²) in [5.74, 6) is 0. The summed E-state index contributed by atoms with van der Waals surface area (Å²) in [6.45, 7) is 0. The largest absolute Gasteiger partial charge is 0.376 e. The number of halogens is 1. The van der Waals surface area contributed by atoms with Crippen LogP contribution in [0.15, 0.2) is 0 Å². The molecule has 0 aromatic carbocycles. The van der Waals surface area contributed by atoms with Gasteiger partial charge in [0.1, 0.15) is 0 Å². The van der Waals surface area contributed by atoms with E-state index in [9.17, 15) is 3.89 Å². The first-order valence-electron chi connectivity index (χ1n) is 0.488. The summed E-state index contributed by atoms with van der Waals surface area (Å²) < 4.78 is 26.6. The number of rotatable bonds is 0. The van der Waals surface area contributed by atoms with Crippen molar-refractivity contribution < 1.29 is 12.3 Å². The Balaban J connectivity index is 3.51. The Morgan fingerprint density at radius 2 is 1.50 bits per heavy atom. The average molecular weight is 83.1 g/mol. The fourth-order valence-electron chi connectivity index (χ4n) is 0. The predicted molar refractivity (Wildman–Crippen MR) is 10.0 cm³/mol. The van der Waals surface area contributed by atoms with Crippen LogP contribution in [0.3, 0.4) is 0 Å². The molecule has 4 heavy (non-hydrogen) atoms. The fourth-order valence-corrected chi connectivity index (χ4v) is 0. The maximum Gasteiger partial charge on any atom is 0.376 e. The van der Waals surface area contributed by atoms with Gasteiger partial charge in [-0.25, -0.2) is 0 Å². The normalized spacial score (nSPS) is 6.25. The van der Waals surface area contributed by atoms with Crippen molar-refractivity contribution in [1.82, 2.24) is 0 Å². The smallest absolute Gasteiger partial charge is 0.153 e. The van der Waals surface area contributed by atoms with Gasteiger partial charge < -0.3 is 0 Å². The quantitative estimate of drug-likeness (QED) is 0.378. The van der Waals surface area contributed by atoms with Crippen LogP contribution in [0.2, 0.25) is 0 Å². The molecule has 0 N–H and O–H groups in total. The maximum atomic E-state index is 9.92. The Labute approximate surface area is 24.5 Å². The van der Waals surface area contributed by atoms with E-state index < -0.39 is 11.1 Å². The Kier molecular flexibility index (Phi) is 1.04. The lowest BCUT2D eigenvalue weighted by atomic mass is 15.9. The molecule has 0 aliphatic heterocycles. The minimum Gasteiger partial charge on any atom is -0.153 e. The highest BCUT2D eigenvalue weighted by Crippen LogP contribution is 1.49. The molecule has 0 rings (SSSR count). The van der Waals surface area contributed by atoms with E-state index in [0.717, 1.165) is 0 Å². The molecule has 0 atom stereocenters. The molecule has 0 amide bonds. The van der Waals surface area contributed by atoms with Crippen molar-refractivity contribution in [2.75, 3.05) is 0 Å². The van der Waals surface area contributed by atoms with Crippen molar-refractivity contribution in [3.8, 4) is 0 Å². The molecule has 0 bridgehead atoms. The van der Waals surface area contributed by atoms with Gasteiger partial charge in [-0.05, 0) is 0 Å². The van der Waals surface area contributed by atoms with E-state index in [1.807, 2.05) is 0 Å². The van der Waals surface area contributed by atoms with Crippen molar-refractivity contribution in [3.05, 3.63) is 0 Å². The molecule has 25 valence electrons. The first kappa shape index (κ1) is 3.75. The van der Waals surface area contributed by atoms with Crippen LogP contribution in [0.1, 0.15) is 0 Å². The topological polar surface area (TPSA) is 34.1 Å². The van der Waals surface area contributed by atoms with Gasteiger partial charge in [0.15, 0.2) is 0 Å². The highest BCUT2D eigenvalue weighted by Gasteiger charge is 1.57. The fraction of sp³-hybridized carbons (Fsp3) is 0. The highest BCUT2D eigenvalue weighted by atomic mass is 32.2. The van der Waals surface area contributed by atoms with E-state index in [1.54, 1.807) is 0 Å². The Morgan fingerprint density at radius 3 is 1.50 bits per heavy atom. The second-order valence-corrected chi connectivity index (χ2v) is 0.582. The van der Waals surface area contributed by atoms with E-state index in [-0.39, 0.29) is 0 Å². The lowest BCUT2D eigenvalue weighted by molar-refractivity contribution is 0.576. The van der Waals surface area contributed by atoms with Crippen molar-refractivity contribution >= 4 is 11.1 Å². The van der Waals surface area contributed by atoms with Crippen LogP contribution in [-0.2, 0) is 11.1 Å². The summed E-state index contributed by atoms with van der Waals surface area (Å²) in [5, 5.41) is 0. The van der Waals surface area contributed by atoms with Crippen molar-refractivity contribution in [2.45, 2.75) is 0 Å². The van der Waals surface area contributed by atoms with Gasteiger partial charge in [-0.1, -0.05) is 3.89 Å². The SMILES string of the molecule is O=[S](=O)F. The molecule has 0 fully saturated rings. The molecule has 0 aromatic heterocycles. The minimum absolute atomic E-state index is 3.36. The van der Waals surface area contributed by atoms with Crippen molar-refractivity contribution in [1.29, 1.82) is 0 Å². The van der Waals surface area contributed by atoms with E-state index in [4.69, 9.17) is 8.42 Å². The number of hydrogen-bond acceptors (Lipinski definition) is 2. The molecule has 0 saturated carbocycles. The van der Waals surface area contributed by atoms with Gasteiger partial charge in [-0.15, -0.1) is 0 Å². The molecule has 0 spiro atoms. The van der Waals surface area contributed by atoms with Crippen LogP contribution < -0.4 is 0 Å². The first-order valence-corrected chi connectivity index (χ1v) is 1.46. The lowest BCUT2D eigenvalue weighted by Crippen LogP contribution is -1.44. The second kappa shape index (κ2) is 1.11. The van der Waals surface area contributed by atoms with E-state index in [1.165, 1.54) is 0 Å². The maximum absolute atomic E-state index is 9.92. The van der Waals surface area contributed by atoms with Gasteiger partial charge in [0.05, 0.1) is 0 Å². The Bertz CT molecular complexity index is 54.4. The molecule has 0 unspecified atom stereocenters. The lowest BCUT2D eigenvalue weighted by Gasteiger charge is -1.30. The van der Waals surface area contributed by atoms with Crippen molar-refractivity contribution in [2.24, 2.45) is 0 Å². The molecular formula is FO2S. The monoisotopic (exact) mass is 83.0 g/mol. The van der Waals surface area contributed by atoms with Crippen LogP contribution >= 0.6 is 0 Å². The summed E-state index contributed by atoms with van der Waals surface area (Å²) >= 11 is -3.36. The average Bonchev–Trinajstić information content (AvgIpc) is 0.811. The van der Waals surface area contributed by atoms with Crippen LogP contribution in [0.4, 0.5) is 3.89 Å². The van der Waals surface area contributed by atoms with Crippen LogP contribution in [0.25, 0.3) is 0 Å². The molecule has 0 aliphatic rings. The standard InChI is InChI=1S/FO2S/c1-4(2)3. The van der Waals surface area contributed by atoms with Gasteiger partial charge in [0.25, 0.3) is 0 Å². The molecule has 4 heteroatoms. The molecular weight excluding hydrogens is 83.1 g/mol. The molecule has 0 heterocycles. The molecule has 1 radical (unpaired) electrons. The van der Waals surface area contributed by atoms with Gasteiger partial charge in [0, 0.05) is 0 Å². The van der Waals surface area contributed by atoms with E-state index >= 15 is 0 Å². The Hall–Kier alpha value is -0.250. The second-order valence-electron chi connectivity index (χ2n) is 0.194. The van der Waals surface area contributed by atoms with Gasteiger partial charge in [0.2, 0.25) is 0 Å². The molecule has 0 saturated heterocycles.